The third-order valence-corrected chi connectivity index (χ3v) is 6.06. The molecule has 0 aliphatic carbocycles. The predicted octanol–water partition coefficient (Wildman–Crippen LogP) is -2.48. The summed E-state index contributed by atoms with van der Waals surface area (Å²) in [4.78, 5) is 38.5. The van der Waals surface area contributed by atoms with Crippen molar-refractivity contribution in [3.05, 3.63) is 0 Å². The van der Waals surface area contributed by atoms with Crippen LogP contribution in [0.3, 0.4) is 0 Å². The van der Waals surface area contributed by atoms with Crippen molar-refractivity contribution in [2.45, 2.75) is 37.4 Å². The summed E-state index contributed by atoms with van der Waals surface area (Å²) in [6.07, 6.45) is 1.74. The van der Waals surface area contributed by atoms with Gasteiger partial charge < -0.3 is 15.0 Å². The quantitative estimate of drug-likeness (QED) is 0.285. The number of rotatable bonds is 4. The molecule has 1 spiro atoms. The molecule has 0 saturated carbocycles. The number of urea groups is 1. The Balaban J connectivity index is 1.47. The first-order valence-electron chi connectivity index (χ1n) is 8.88. The molecular weight excluding hydrogens is 398 g/mol. The third kappa shape index (κ3) is 3.30. The average Bonchev–Trinajstić information content (AvgIpc) is 3.22. The Morgan fingerprint density at radius 2 is 2.00 bits per heavy atom. The Morgan fingerprint density at radius 1 is 1.29 bits per heavy atom. The minimum atomic E-state index is -4.91. The highest BCUT2D eigenvalue weighted by Crippen LogP contribution is 2.47. The van der Waals surface area contributed by atoms with Crippen LogP contribution in [0.5, 0.6) is 0 Å². The normalized spacial score (nSPS) is 31.0. The van der Waals surface area contributed by atoms with E-state index in [0.717, 1.165) is 17.9 Å². The summed E-state index contributed by atoms with van der Waals surface area (Å²) in [7, 11) is -4.91. The van der Waals surface area contributed by atoms with Crippen LogP contribution in [0.2, 0.25) is 0 Å². The molecule has 0 aromatic heterocycles. The first-order chi connectivity index (χ1) is 13.2. The average molecular weight is 419 g/mol. The van der Waals surface area contributed by atoms with Gasteiger partial charge in [-0.05, 0) is 25.8 Å². The van der Waals surface area contributed by atoms with Gasteiger partial charge in [-0.1, -0.05) is 0 Å². The lowest BCUT2D eigenvalue weighted by molar-refractivity contribution is -0.193. The zero-order valence-corrected chi connectivity index (χ0v) is 15.6. The maximum Gasteiger partial charge on any atom is 0.418 e. The second-order valence-electron chi connectivity index (χ2n) is 7.48. The molecule has 2 bridgehead atoms. The van der Waals surface area contributed by atoms with E-state index in [1.165, 1.54) is 0 Å². The van der Waals surface area contributed by atoms with Crippen LogP contribution in [0.1, 0.15) is 19.3 Å². The van der Waals surface area contributed by atoms with Gasteiger partial charge in [0, 0.05) is 12.0 Å². The fraction of sp³-hybridized carbons (Fsp3) is 0.786. The molecule has 4 aliphatic heterocycles. The van der Waals surface area contributed by atoms with Crippen LogP contribution in [0.4, 0.5) is 4.79 Å². The second kappa shape index (κ2) is 6.81. The number of nitrogens with one attached hydrogen (secondary N) is 3. The van der Waals surface area contributed by atoms with Gasteiger partial charge in [0.1, 0.15) is 6.04 Å². The van der Waals surface area contributed by atoms with E-state index >= 15 is 0 Å². The summed E-state index contributed by atoms with van der Waals surface area (Å²) in [5, 5.41) is 3.59. The SMILES string of the molecule is O=C(NNC(=O)[C@@H]1CC2(COC2)[C@@H]2CN1C(=O)N2OS(=O)(=O)O)C1CCCN1. The smallest absolute Gasteiger partial charge is 0.380 e. The van der Waals surface area contributed by atoms with Crippen LogP contribution in [-0.2, 0) is 29.0 Å². The molecule has 0 radical (unpaired) electrons. The maximum absolute atomic E-state index is 12.7. The van der Waals surface area contributed by atoms with Crippen molar-refractivity contribution in [1.29, 1.82) is 0 Å². The fourth-order valence-electron chi connectivity index (χ4n) is 4.23. The molecule has 4 amide bonds. The summed E-state index contributed by atoms with van der Waals surface area (Å²) < 4.78 is 40.9. The Hall–Kier alpha value is -2.00. The number of piperidine rings is 1. The number of fused-ring (bicyclic) bond motifs is 3. The van der Waals surface area contributed by atoms with E-state index in [-0.39, 0.29) is 38.1 Å². The van der Waals surface area contributed by atoms with Gasteiger partial charge in [0.2, 0.25) is 0 Å². The molecule has 1 unspecified atom stereocenters. The van der Waals surface area contributed by atoms with Gasteiger partial charge in [0.05, 0.1) is 25.3 Å². The van der Waals surface area contributed by atoms with Gasteiger partial charge in [0.15, 0.2) is 0 Å². The number of hydrazine groups is 1. The van der Waals surface area contributed by atoms with E-state index in [4.69, 9.17) is 9.29 Å². The molecule has 3 atom stereocenters. The highest BCUT2D eigenvalue weighted by atomic mass is 32.3. The first-order valence-corrected chi connectivity index (χ1v) is 10.2. The van der Waals surface area contributed by atoms with Gasteiger partial charge in [-0.3, -0.25) is 25.0 Å². The molecule has 4 heterocycles. The van der Waals surface area contributed by atoms with Crippen LogP contribution in [-0.4, -0.2) is 85.2 Å². The molecule has 28 heavy (non-hydrogen) atoms. The number of hydroxylamine groups is 2. The zero-order chi connectivity index (χ0) is 20.1. The number of carbonyl (C=O) groups excluding carboxylic acids is 3. The standard InChI is InChI=1S/C14H21N5O8S/c20-11(8-2-1-3-15-8)16-17-12(21)9-4-14(6-26-7-14)10-5-18(9)13(22)19(10)27-28(23,24)25/h8-10,15H,1-7H2,(H,16,20)(H,17,21)(H,23,24,25)/t8?,9-,10-/m0/s1. The molecule has 0 aromatic rings. The molecule has 156 valence electrons. The van der Waals surface area contributed by atoms with Crippen LogP contribution >= 0.6 is 0 Å². The van der Waals surface area contributed by atoms with Gasteiger partial charge in [-0.2, -0.15) is 13.5 Å². The molecule has 4 rings (SSSR count). The summed E-state index contributed by atoms with van der Waals surface area (Å²) in [5.41, 5.74) is 4.02. The number of amides is 4. The Labute approximate surface area is 160 Å². The Morgan fingerprint density at radius 3 is 2.57 bits per heavy atom. The Kier molecular flexibility index (Phi) is 4.70. The zero-order valence-electron chi connectivity index (χ0n) is 14.8. The molecule has 4 fully saturated rings. The monoisotopic (exact) mass is 419 g/mol. The van der Waals surface area contributed by atoms with Crippen molar-refractivity contribution >= 4 is 28.2 Å². The lowest BCUT2D eigenvalue weighted by atomic mass is 9.71. The van der Waals surface area contributed by atoms with E-state index < -0.39 is 39.8 Å². The van der Waals surface area contributed by atoms with Crippen molar-refractivity contribution in [2.24, 2.45) is 5.41 Å². The van der Waals surface area contributed by atoms with Crippen LogP contribution < -0.4 is 16.2 Å². The summed E-state index contributed by atoms with van der Waals surface area (Å²) in [5.74, 6) is -0.969. The molecule has 13 nitrogen and oxygen atoms in total. The van der Waals surface area contributed by atoms with E-state index in [2.05, 4.69) is 20.5 Å². The molecular formula is C14H21N5O8S. The first kappa shape index (κ1) is 19.3. The van der Waals surface area contributed by atoms with Crippen LogP contribution in [0, 0.1) is 5.41 Å². The number of hydrogen-bond acceptors (Lipinski definition) is 8. The molecule has 4 aliphatic rings. The topological polar surface area (TPSA) is 167 Å². The molecule has 14 heteroatoms. The second-order valence-corrected chi connectivity index (χ2v) is 8.49. The van der Waals surface area contributed by atoms with Gasteiger partial charge in [-0.25, -0.2) is 4.79 Å². The number of ether oxygens (including phenoxy) is 1. The number of hydrogen-bond donors (Lipinski definition) is 4. The predicted molar refractivity (Wildman–Crippen MR) is 89.3 cm³/mol. The van der Waals surface area contributed by atoms with Crippen LogP contribution in [0.15, 0.2) is 0 Å². The summed E-state index contributed by atoms with van der Waals surface area (Å²) in [6, 6.07) is -2.86. The van der Waals surface area contributed by atoms with Crippen LogP contribution in [0.25, 0.3) is 0 Å². The lowest BCUT2D eigenvalue weighted by Gasteiger charge is -2.50. The highest BCUT2D eigenvalue weighted by Gasteiger charge is 2.63. The minimum absolute atomic E-state index is 0.0356. The minimum Gasteiger partial charge on any atom is -0.380 e. The van der Waals surface area contributed by atoms with Crippen molar-refractivity contribution < 1.29 is 36.4 Å². The Bertz CT molecular complexity index is 794. The maximum atomic E-state index is 12.7. The van der Waals surface area contributed by atoms with Crippen molar-refractivity contribution in [3.63, 3.8) is 0 Å². The molecule has 4 saturated heterocycles. The van der Waals surface area contributed by atoms with E-state index in [0.29, 0.717) is 11.5 Å². The van der Waals surface area contributed by atoms with Crippen molar-refractivity contribution in [3.8, 4) is 0 Å². The summed E-state index contributed by atoms with van der Waals surface area (Å²) in [6.45, 7) is 1.19. The largest absolute Gasteiger partial charge is 0.418 e. The van der Waals surface area contributed by atoms with Crippen molar-refractivity contribution in [1.82, 2.24) is 26.1 Å². The number of carbonyl (C=O) groups is 3. The molecule has 4 N–H and O–H groups in total. The fourth-order valence-corrected chi connectivity index (χ4v) is 4.60. The summed E-state index contributed by atoms with van der Waals surface area (Å²) >= 11 is 0. The number of nitrogens with zero attached hydrogens (tertiary/aromatic N) is 2. The van der Waals surface area contributed by atoms with Gasteiger partial charge in [-0.15, -0.1) is 4.28 Å². The van der Waals surface area contributed by atoms with Gasteiger partial charge in [0.25, 0.3) is 11.8 Å². The third-order valence-electron chi connectivity index (χ3n) is 5.71. The highest BCUT2D eigenvalue weighted by molar-refractivity contribution is 7.80. The lowest BCUT2D eigenvalue weighted by Crippen LogP contribution is -2.64. The van der Waals surface area contributed by atoms with E-state index in [1.54, 1.807) is 0 Å². The van der Waals surface area contributed by atoms with Gasteiger partial charge >= 0.3 is 16.4 Å². The van der Waals surface area contributed by atoms with E-state index in [9.17, 15) is 22.8 Å². The van der Waals surface area contributed by atoms with Crippen molar-refractivity contribution in [2.75, 3.05) is 26.3 Å². The molecule has 0 aromatic carbocycles. The van der Waals surface area contributed by atoms with E-state index in [1.807, 2.05) is 0 Å².